The van der Waals surface area contributed by atoms with E-state index in [0.29, 0.717) is 29.4 Å². The van der Waals surface area contributed by atoms with E-state index in [-0.39, 0.29) is 17.2 Å². The molecule has 34 heavy (non-hydrogen) atoms. The van der Waals surface area contributed by atoms with Crippen LogP contribution in [0.3, 0.4) is 0 Å². The Morgan fingerprint density at radius 3 is 2.53 bits per heavy atom. The number of hydrogen-bond acceptors (Lipinski definition) is 7. The van der Waals surface area contributed by atoms with Crippen LogP contribution in [-0.2, 0) is 15.4 Å². The molecule has 10 heteroatoms. The fourth-order valence-corrected chi connectivity index (χ4v) is 5.54. The number of fused-ring (bicyclic) bond motifs is 2. The molecule has 1 aliphatic heterocycles. The second-order valence-electron chi connectivity index (χ2n) is 8.45. The molecule has 2 aliphatic rings. The molecule has 2 heterocycles. The van der Waals surface area contributed by atoms with Crippen LogP contribution in [0.15, 0.2) is 60.6 Å². The van der Waals surface area contributed by atoms with Gasteiger partial charge in [-0.1, -0.05) is 19.1 Å². The fraction of sp³-hybridized carbons (Fsp3) is 0.250. The Balaban J connectivity index is 1.43. The molecule has 3 aromatic rings. The first-order valence-electron chi connectivity index (χ1n) is 10.8. The number of nitrogens with one attached hydrogen (secondary N) is 2. The zero-order chi connectivity index (χ0) is 23.9. The number of sulfonamides is 1. The third-order valence-electron chi connectivity index (χ3n) is 6.47. The van der Waals surface area contributed by atoms with Crippen molar-refractivity contribution in [3.63, 3.8) is 0 Å². The molecule has 176 valence electrons. The van der Waals surface area contributed by atoms with E-state index in [1.165, 1.54) is 4.31 Å². The number of nitrogens with zero attached hydrogens (tertiary/aromatic N) is 3. The molecule has 0 unspecified atom stereocenters. The molecule has 0 atom stereocenters. The summed E-state index contributed by atoms with van der Waals surface area (Å²) in [5.41, 5.74) is 2.68. The van der Waals surface area contributed by atoms with Crippen molar-refractivity contribution >= 4 is 38.9 Å². The summed E-state index contributed by atoms with van der Waals surface area (Å²) in [6.45, 7) is 3.87. The zero-order valence-corrected chi connectivity index (χ0v) is 19.4. The van der Waals surface area contributed by atoms with Crippen LogP contribution in [-0.4, -0.2) is 32.0 Å². The summed E-state index contributed by atoms with van der Waals surface area (Å²) in [6.07, 6.45) is 4.03. The molecule has 2 aromatic carbocycles. The first kappa shape index (κ1) is 22.1. The van der Waals surface area contributed by atoms with Crippen LogP contribution < -0.4 is 19.7 Å². The molecule has 5 rings (SSSR count). The Hall–Kier alpha value is -3.66. The molecule has 0 radical (unpaired) electrons. The SMILES string of the molecule is C=CS(=O)(=O)N1CC2(CCC2)c2ccc(Nc3nc(Nc4ccc(OC)cc4)ncc3F)cc21. The lowest BCUT2D eigenvalue weighted by atomic mass is 9.66. The lowest BCUT2D eigenvalue weighted by Crippen LogP contribution is -2.40. The molecule has 1 fully saturated rings. The van der Waals surface area contributed by atoms with Crippen LogP contribution in [0, 0.1) is 5.82 Å². The number of rotatable bonds is 7. The van der Waals surface area contributed by atoms with Crippen molar-refractivity contribution < 1.29 is 17.5 Å². The monoisotopic (exact) mass is 481 g/mol. The molecule has 1 aromatic heterocycles. The van der Waals surface area contributed by atoms with Gasteiger partial charge in [-0.3, -0.25) is 4.31 Å². The minimum absolute atomic E-state index is 0.0274. The van der Waals surface area contributed by atoms with Gasteiger partial charge in [-0.05, 0) is 54.8 Å². The van der Waals surface area contributed by atoms with Gasteiger partial charge in [0.15, 0.2) is 11.6 Å². The van der Waals surface area contributed by atoms with Gasteiger partial charge in [-0.25, -0.2) is 17.8 Å². The average Bonchev–Trinajstić information content (AvgIpc) is 3.18. The second-order valence-corrected chi connectivity index (χ2v) is 10.3. The Bertz CT molecular complexity index is 1360. The maximum absolute atomic E-state index is 14.5. The smallest absolute Gasteiger partial charge is 0.256 e. The predicted molar refractivity (Wildman–Crippen MR) is 130 cm³/mol. The van der Waals surface area contributed by atoms with E-state index >= 15 is 0 Å². The lowest BCUT2D eigenvalue weighted by Gasteiger charge is -2.38. The van der Waals surface area contributed by atoms with Gasteiger partial charge in [0.2, 0.25) is 5.95 Å². The van der Waals surface area contributed by atoms with Gasteiger partial charge in [-0.15, -0.1) is 0 Å². The van der Waals surface area contributed by atoms with Gasteiger partial charge in [0.05, 0.1) is 19.0 Å². The summed E-state index contributed by atoms with van der Waals surface area (Å²) in [4.78, 5) is 8.25. The number of aromatic nitrogens is 2. The molecular weight excluding hydrogens is 457 g/mol. The van der Waals surface area contributed by atoms with Crippen LogP contribution in [0.2, 0.25) is 0 Å². The molecule has 1 aliphatic carbocycles. The van der Waals surface area contributed by atoms with Gasteiger partial charge in [0, 0.05) is 28.7 Å². The number of benzene rings is 2. The van der Waals surface area contributed by atoms with E-state index in [1.54, 1.807) is 37.4 Å². The van der Waals surface area contributed by atoms with Crippen LogP contribution >= 0.6 is 0 Å². The second kappa shape index (κ2) is 8.28. The Morgan fingerprint density at radius 2 is 1.88 bits per heavy atom. The normalized spacial score (nSPS) is 16.0. The lowest BCUT2D eigenvalue weighted by molar-refractivity contribution is 0.268. The fourth-order valence-electron chi connectivity index (χ4n) is 4.51. The first-order chi connectivity index (χ1) is 16.3. The highest BCUT2D eigenvalue weighted by molar-refractivity contribution is 7.95. The van der Waals surface area contributed by atoms with E-state index in [1.807, 2.05) is 12.1 Å². The van der Waals surface area contributed by atoms with E-state index < -0.39 is 15.8 Å². The van der Waals surface area contributed by atoms with Crippen LogP contribution in [0.1, 0.15) is 24.8 Å². The molecule has 0 bridgehead atoms. The van der Waals surface area contributed by atoms with Crippen LogP contribution in [0.25, 0.3) is 0 Å². The van der Waals surface area contributed by atoms with Crippen molar-refractivity contribution in [3.8, 4) is 5.75 Å². The molecule has 1 spiro atoms. The summed E-state index contributed by atoms with van der Waals surface area (Å²) in [5.74, 6) is 0.257. The highest BCUT2D eigenvalue weighted by Crippen LogP contribution is 2.54. The number of ether oxygens (including phenoxy) is 1. The molecule has 0 saturated heterocycles. The van der Waals surface area contributed by atoms with Gasteiger partial charge >= 0.3 is 0 Å². The maximum Gasteiger partial charge on any atom is 0.256 e. The van der Waals surface area contributed by atoms with Gasteiger partial charge in [-0.2, -0.15) is 4.98 Å². The van der Waals surface area contributed by atoms with E-state index in [0.717, 1.165) is 36.4 Å². The predicted octanol–water partition coefficient (Wildman–Crippen LogP) is 4.83. The number of methoxy groups -OCH3 is 1. The van der Waals surface area contributed by atoms with Gasteiger partial charge in [0.1, 0.15) is 5.75 Å². The van der Waals surface area contributed by atoms with Crippen molar-refractivity contribution in [2.24, 2.45) is 0 Å². The Morgan fingerprint density at radius 1 is 1.15 bits per heavy atom. The molecule has 1 saturated carbocycles. The molecular formula is C24H24FN5O3S. The minimum atomic E-state index is -3.65. The minimum Gasteiger partial charge on any atom is -0.497 e. The van der Waals surface area contributed by atoms with E-state index in [2.05, 4.69) is 27.2 Å². The first-order valence-corrected chi connectivity index (χ1v) is 12.3. The largest absolute Gasteiger partial charge is 0.497 e. The van der Waals surface area contributed by atoms with Crippen molar-refractivity contribution in [2.45, 2.75) is 24.7 Å². The third kappa shape index (κ3) is 3.83. The number of halogens is 1. The third-order valence-corrected chi connectivity index (χ3v) is 7.83. The van der Waals surface area contributed by atoms with Crippen molar-refractivity contribution in [1.82, 2.24) is 9.97 Å². The molecule has 2 N–H and O–H groups in total. The summed E-state index contributed by atoms with van der Waals surface area (Å²) in [5, 5.41) is 6.96. The van der Waals surface area contributed by atoms with Crippen molar-refractivity contribution in [1.29, 1.82) is 0 Å². The Kier molecular flexibility index (Phi) is 5.40. The van der Waals surface area contributed by atoms with Gasteiger partial charge < -0.3 is 15.4 Å². The van der Waals surface area contributed by atoms with Crippen molar-refractivity contribution in [3.05, 3.63) is 72.0 Å². The van der Waals surface area contributed by atoms with Crippen LogP contribution in [0.4, 0.5) is 33.2 Å². The van der Waals surface area contributed by atoms with E-state index in [9.17, 15) is 12.8 Å². The summed E-state index contributed by atoms with van der Waals surface area (Å²) < 4.78 is 46.4. The zero-order valence-electron chi connectivity index (χ0n) is 18.6. The van der Waals surface area contributed by atoms with Gasteiger partial charge in [0.25, 0.3) is 10.0 Å². The summed E-state index contributed by atoms with van der Waals surface area (Å²) >= 11 is 0. The summed E-state index contributed by atoms with van der Waals surface area (Å²) in [7, 11) is -2.07. The quantitative estimate of drug-likeness (QED) is 0.499. The standard InChI is InChI=1S/C24H24FN5O3S/c1-3-34(31,32)30-15-24(11-4-12-24)19-10-7-17(13-21(19)30)27-22-20(25)14-26-23(29-22)28-16-5-8-18(33-2)9-6-16/h3,5-10,13-14H,1,4,11-12,15H2,2H3,(H2,26,27,28,29). The highest BCUT2D eigenvalue weighted by Gasteiger charge is 2.49. The number of anilines is 5. The molecule has 8 nitrogen and oxygen atoms in total. The van der Waals surface area contributed by atoms with Crippen molar-refractivity contribution in [2.75, 3.05) is 28.6 Å². The van der Waals surface area contributed by atoms with E-state index in [4.69, 9.17) is 4.74 Å². The highest BCUT2D eigenvalue weighted by atomic mass is 32.2. The molecule has 0 amide bonds. The maximum atomic E-state index is 14.5. The number of hydrogen-bond donors (Lipinski definition) is 2. The topological polar surface area (TPSA) is 96.5 Å². The van der Waals surface area contributed by atoms with Crippen LogP contribution in [0.5, 0.6) is 5.75 Å². The summed E-state index contributed by atoms with van der Waals surface area (Å²) in [6, 6.07) is 12.6. The average molecular weight is 482 g/mol. The Labute approximate surface area is 197 Å².